The zero-order valence-corrected chi connectivity index (χ0v) is 13.6. The van der Waals surface area contributed by atoms with E-state index >= 15 is 0 Å². The Morgan fingerprint density at radius 2 is 2.00 bits per heavy atom. The fourth-order valence-electron chi connectivity index (χ4n) is 2.20. The molecule has 132 valence electrons. The summed E-state index contributed by atoms with van der Waals surface area (Å²) in [5.41, 5.74) is 0.205. The first-order valence-electron chi connectivity index (χ1n) is 7.76. The monoisotopic (exact) mass is 338 g/mol. The topological polar surface area (TPSA) is 110 Å². The summed E-state index contributed by atoms with van der Waals surface area (Å²) in [6, 6.07) is 6.05. The highest BCUT2D eigenvalue weighted by Gasteiger charge is 2.20. The van der Waals surface area contributed by atoms with Crippen molar-refractivity contribution in [1.82, 2.24) is 4.90 Å². The van der Waals surface area contributed by atoms with Gasteiger partial charge in [0.15, 0.2) is 0 Å². The summed E-state index contributed by atoms with van der Waals surface area (Å²) in [5, 5.41) is 20.0. The Balaban J connectivity index is 2.77. The van der Waals surface area contributed by atoms with Crippen LogP contribution in [-0.4, -0.2) is 53.1 Å². The molecule has 0 bridgehead atoms. The molecule has 1 N–H and O–H groups in total. The summed E-state index contributed by atoms with van der Waals surface area (Å²) in [6.07, 6.45) is 0.277. The van der Waals surface area contributed by atoms with Gasteiger partial charge in [-0.2, -0.15) is 0 Å². The molecule has 0 radical (unpaired) electrons. The molecule has 0 heterocycles. The number of amides is 1. The first-order chi connectivity index (χ1) is 11.5. The normalized spacial score (nSPS) is 10.2. The number of para-hydroxylation sites is 1. The van der Waals surface area contributed by atoms with Crippen LogP contribution in [0.3, 0.4) is 0 Å². The van der Waals surface area contributed by atoms with Gasteiger partial charge in [-0.1, -0.05) is 18.2 Å². The van der Waals surface area contributed by atoms with E-state index in [0.29, 0.717) is 12.0 Å². The number of esters is 1. The lowest BCUT2D eigenvalue weighted by molar-refractivity contribution is -0.385. The number of hydrogen-bond donors (Lipinski definition) is 1. The lowest BCUT2D eigenvalue weighted by Gasteiger charge is -2.22. The predicted octanol–water partition coefficient (Wildman–Crippen LogP) is 1.30. The average molecular weight is 338 g/mol. The van der Waals surface area contributed by atoms with Crippen LogP contribution in [0, 0.1) is 10.1 Å². The van der Waals surface area contributed by atoms with Crippen molar-refractivity contribution in [2.24, 2.45) is 0 Å². The van der Waals surface area contributed by atoms with E-state index < -0.39 is 10.9 Å². The van der Waals surface area contributed by atoms with E-state index in [0.717, 1.165) is 0 Å². The Bertz CT molecular complexity index is 575. The first kappa shape index (κ1) is 19.6. The Hall–Kier alpha value is -2.48. The number of nitro benzene ring substituents is 1. The van der Waals surface area contributed by atoms with Crippen LogP contribution in [0.25, 0.3) is 0 Å². The molecule has 1 amide bonds. The minimum atomic E-state index is -0.528. The van der Waals surface area contributed by atoms with Gasteiger partial charge >= 0.3 is 5.97 Å². The highest BCUT2D eigenvalue weighted by molar-refractivity contribution is 5.80. The van der Waals surface area contributed by atoms with E-state index in [-0.39, 0.29) is 50.7 Å². The number of hydrogen-bond acceptors (Lipinski definition) is 6. The standard InChI is InChI=1S/C16H22N2O6/c1-2-24-16(21)8-10-17(9-5-11-19)15(20)12-13-6-3-4-7-14(13)18(22)23/h3-4,6-7,19H,2,5,8-12H2,1H3. The number of nitro groups is 1. The fourth-order valence-corrected chi connectivity index (χ4v) is 2.20. The van der Waals surface area contributed by atoms with Crippen molar-refractivity contribution in [3.63, 3.8) is 0 Å². The highest BCUT2D eigenvalue weighted by Crippen LogP contribution is 2.19. The van der Waals surface area contributed by atoms with Crippen LogP contribution < -0.4 is 0 Å². The molecule has 0 aliphatic carbocycles. The Kier molecular flexibility index (Phi) is 8.42. The smallest absolute Gasteiger partial charge is 0.307 e. The van der Waals surface area contributed by atoms with Crippen molar-refractivity contribution in [3.05, 3.63) is 39.9 Å². The van der Waals surface area contributed by atoms with Crippen molar-refractivity contribution in [2.45, 2.75) is 26.2 Å². The maximum atomic E-state index is 12.4. The van der Waals surface area contributed by atoms with Gasteiger partial charge < -0.3 is 14.7 Å². The van der Waals surface area contributed by atoms with Gasteiger partial charge in [-0.05, 0) is 13.3 Å². The molecule has 0 spiro atoms. The van der Waals surface area contributed by atoms with E-state index in [4.69, 9.17) is 9.84 Å². The fraction of sp³-hybridized carbons (Fsp3) is 0.500. The lowest BCUT2D eigenvalue weighted by atomic mass is 10.1. The maximum Gasteiger partial charge on any atom is 0.307 e. The minimum Gasteiger partial charge on any atom is -0.466 e. The molecule has 1 rings (SSSR count). The number of nitrogens with zero attached hydrogens (tertiary/aromatic N) is 2. The van der Waals surface area contributed by atoms with Gasteiger partial charge in [0.05, 0.1) is 24.4 Å². The summed E-state index contributed by atoms with van der Waals surface area (Å²) < 4.78 is 4.83. The number of ether oxygens (including phenoxy) is 1. The SMILES string of the molecule is CCOC(=O)CCN(CCCO)C(=O)Cc1ccccc1[N+](=O)[O-]. The molecule has 0 aromatic heterocycles. The third kappa shape index (κ3) is 6.33. The Morgan fingerprint density at radius 3 is 2.62 bits per heavy atom. The molecule has 0 unspecified atom stereocenters. The lowest BCUT2D eigenvalue weighted by Crippen LogP contribution is -2.35. The largest absolute Gasteiger partial charge is 0.466 e. The van der Waals surface area contributed by atoms with Crippen LogP contribution in [-0.2, 0) is 20.7 Å². The molecule has 0 aliphatic rings. The van der Waals surface area contributed by atoms with Crippen molar-refractivity contribution >= 4 is 17.6 Å². The van der Waals surface area contributed by atoms with Crippen molar-refractivity contribution in [1.29, 1.82) is 0 Å². The molecule has 0 atom stereocenters. The van der Waals surface area contributed by atoms with E-state index in [1.54, 1.807) is 13.0 Å². The molecule has 8 nitrogen and oxygen atoms in total. The summed E-state index contributed by atoms with van der Waals surface area (Å²) in [4.78, 5) is 35.8. The zero-order valence-electron chi connectivity index (χ0n) is 13.6. The van der Waals surface area contributed by atoms with Crippen molar-refractivity contribution < 1.29 is 24.4 Å². The zero-order chi connectivity index (χ0) is 17.9. The molecule has 1 aromatic rings. The van der Waals surface area contributed by atoms with Gasteiger partial charge in [0.25, 0.3) is 5.69 Å². The van der Waals surface area contributed by atoms with Gasteiger partial charge in [-0.3, -0.25) is 19.7 Å². The van der Waals surface area contributed by atoms with E-state index in [1.807, 2.05) is 0 Å². The quantitative estimate of drug-likeness (QED) is 0.391. The number of carbonyl (C=O) groups is 2. The van der Waals surface area contributed by atoms with E-state index in [1.165, 1.54) is 23.1 Å². The van der Waals surface area contributed by atoms with Crippen LogP contribution in [0.4, 0.5) is 5.69 Å². The van der Waals surface area contributed by atoms with Gasteiger partial charge in [-0.25, -0.2) is 0 Å². The Morgan fingerprint density at radius 1 is 1.29 bits per heavy atom. The second-order valence-corrected chi connectivity index (χ2v) is 5.08. The van der Waals surface area contributed by atoms with Crippen LogP contribution in [0.15, 0.2) is 24.3 Å². The third-order valence-corrected chi connectivity index (χ3v) is 3.36. The average Bonchev–Trinajstić information content (AvgIpc) is 2.55. The molecular formula is C16H22N2O6. The number of benzene rings is 1. The van der Waals surface area contributed by atoms with Crippen molar-refractivity contribution in [3.8, 4) is 0 Å². The van der Waals surface area contributed by atoms with Gasteiger partial charge in [0, 0.05) is 31.3 Å². The second-order valence-electron chi connectivity index (χ2n) is 5.08. The number of aliphatic hydroxyl groups is 1. The summed E-state index contributed by atoms with van der Waals surface area (Å²) in [5.74, 6) is -0.743. The van der Waals surface area contributed by atoms with Gasteiger partial charge in [0.2, 0.25) is 5.91 Å². The van der Waals surface area contributed by atoms with Gasteiger partial charge in [-0.15, -0.1) is 0 Å². The molecule has 0 aliphatic heterocycles. The van der Waals surface area contributed by atoms with E-state index in [9.17, 15) is 19.7 Å². The molecule has 24 heavy (non-hydrogen) atoms. The van der Waals surface area contributed by atoms with Crippen LogP contribution in [0.1, 0.15) is 25.3 Å². The van der Waals surface area contributed by atoms with Crippen LogP contribution in [0.2, 0.25) is 0 Å². The number of rotatable bonds is 10. The van der Waals surface area contributed by atoms with Crippen LogP contribution >= 0.6 is 0 Å². The summed E-state index contributed by atoms with van der Waals surface area (Å²) >= 11 is 0. The first-order valence-corrected chi connectivity index (χ1v) is 7.76. The second kappa shape index (κ2) is 10.3. The highest BCUT2D eigenvalue weighted by atomic mass is 16.6. The molecular weight excluding hydrogens is 316 g/mol. The third-order valence-electron chi connectivity index (χ3n) is 3.36. The summed E-state index contributed by atoms with van der Waals surface area (Å²) in [7, 11) is 0. The van der Waals surface area contributed by atoms with E-state index in [2.05, 4.69) is 0 Å². The Labute approximate surface area is 140 Å². The predicted molar refractivity (Wildman–Crippen MR) is 86.3 cm³/mol. The maximum absolute atomic E-state index is 12.4. The molecule has 1 aromatic carbocycles. The molecule has 0 saturated heterocycles. The summed E-state index contributed by atoms with van der Waals surface area (Å²) in [6.45, 7) is 2.29. The van der Waals surface area contributed by atoms with Crippen LogP contribution in [0.5, 0.6) is 0 Å². The molecule has 0 saturated carbocycles. The van der Waals surface area contributed by atoms with Gasteiger partial charge in [0.1, 0.15) is 0 Å². The minimum absolute atomic E-state index is 0.0435. The molecule has 8 heteroatoms. The number of aliphatic hydroxyl groups excluding tert-OH is 1. The number of carbonyl (C=O) groups excluding carboxylic acids is 2. The van der Waals surface area contributed by atoms with Crippen molar-refractivity contribution in [2.75, 3.05) is 26.3 Å². The molecule has 0 fully saturated rings.